The minimum Gasteiger partial charge on any atom is -0.395 e. The number of rotatable bonds is 12. The van der Waals surface area contributed by atoms with Gasteiger partial charge in [0.15, 0.2) is 5.12 Å². The summed E-state index contributed by atoms with van der Waals surface area (Å²) in [5, 5.41) is 22.3. The molecule has 14 heteroatoms. The van der Waals surface area contributed by atoms with Gasteiger partial charge in [0.2, 0.25) is 0 Å². The number of nitrogens with one attached hydrogen (secondary N) is 2. The summed E-state index contributed by atoms with van der Waals surface area (Å²) < 4.78 is 31.5. The maximum atomic E-state index is 13.5. The fraction of sp³-hybridized carbons (Fsp3) is 0.522. The first-order valence-corrected chi connectivity index (χ1v) is 14.1. The molecule has 3 rings (SSSR count). The molecule has 1 saturated heterocycles. The Morgan fingerprint density at radius 1 is 1.30 bits per heavy atom. The highest BCUT2D eigenvalue weighted by atomic mass is 32.2. The first kappa shape index (κ1) is 29.5. The average molecular weight is 558 g/mol. The van der Waals surface area contributed by atoms with Gasteiger partial charge in [-0.2, -0.15) is 0 Å². The number of aromatic nitrogens is 2. The number of aliphatic hydroxyl groups excluding tert-OH is 2. The second-order valence-corrected chi connectivity index (χ2v) is 12.0. The van der Waals surface area contributed by atoms with Crippen LogP contribution in [0.4, 0.5) is 0 Å². The van der Waals surface area contributed by atoms with Gasteiger partial charge in [-0.25, -0.2) is 14.4 Å². The second-order valence-electron chi connectivity index (χ2n) is 9.25. The van der Waals surface area contributed by atoms with Crippen LogP contribution in [0.15, 0.2) is 46.1 Å². The molecule has 2 heterocycles. The van der Waals surface area contributed by atoms with E-state index in [1.807, 2.05) is 30.3 Å². The lowest BCUT2D eigenvalue weighted by molar-refractivity contribution is -0.119. The molecule has 1 unspecified atom stereocenters. The second kappa shape index (κ2) is 12.6. The Bertz CT molecular complexity index is 1230. The van der Waals surface area contributed by atoms with E-state index < -0.39 is 42.8 Å². The predicted molar refractivity (Wildman–Crippen MR) is 137 cm³/mol. The van der Waals surface area contributed by atoms with E-state index in [0.29, 0.717) is 5.56 Å². The third kappa shape index (κ3) is 7.95. The number of benzene rings is 1. The van der Waals surface area contributed by atoms with Crippen molar-refractivity contribution >= 4 is 24.6 Å². The molecule has 1 aromatic heterocycles. The van der Waals surface area contributed by atoms with Crippen molar-refractivity contribution in [2.24, 2.45) is 5.41 Å². The zero-order valence-electron chi connectivity index (χ0n) is 20.8. The summed E-state index contributed by atoms with van der Waals surface area (Å²) in [4.78, 5) is 38.3. The largest absolute Gasteiger partial charge is 0.406 e. The average Bonchev–Trinajstić information content (AvgIpc) is 3.24. The number of H-pyrrole nitrogens is 1. The van der Waals surface area contributed by atoms with Crippen molar-refractivity contribution in [3.63, 3.8) is 0 Å². The fourth-order valence-corrected chi connectivity index (χ4v) is 5.63. The summed E-state index contributed by atoms with van der Waals surface area (Å²) in [6.45, 7) is 4.15. The van der Waals surface area contributed by atoms with Gasteiger partial charge in [0.1, 0.15) is 18.3 Å². The van der Waals surface area contributed by atoms with Crippen molar-refractivity contribution in [3.8, 4) is 0 Å². The molecule has 0 saturated carbocycles. The summed E-state index contributed by atoms with van der Waals surface area (Å²) >= 11 is 0.756. The molecule has 12 nitrogen and oxygen atoms in total. The zero-order valence-corrected chi connectivity index (χ0v) is 22.5. The molecule has 2 aromatic rings. The quantitative estimate of drug-likeness (QED) is 0.221. The van der Waals surface area contributed by atoms with Crippen LogP contribution in [-0.2, 0) is 29.7 Å². The van der Waals surface area contributed by atoms with Crippen LogP contribution in [0, 0.1) is 12.3 Å². The molecule has 1 aliphatic rings. The first-order chi connectivity index (χ1) is 17.4. The Balaban J connectivity index is 1.66. The number of nitrogens with zero attached hydrogens (tertiary/aromatic N) is 1. The van der Waals surface area contributed by atoms with Gasteiger partial charge in [0, 0.05) is 24.7 Å². The van der Waals surface area contributed by atoms with E-state index in [4.69, 9.17) is 13.8 Å². The molecule has 0 aliphatic carbocycles. The van der Waals surface area contributed by atoms with Gasteiger partial charge < -0.3 is 14.9 Å². The van der Waals surface area contributed by atoms with Gasteiger partial charge in [0.25, 0.3) is 5.56 Å². The lowest BCUT2D eigenvalue weighted by Gasteiger charge is -2.23. The van der Waals surface area contributed by atoms with Crippen LogP contribution in [0.1, 0.15) is 37.6 Å². The number of ether oxygens (including phenoxy) is 1. The van der Waals surface area contributed by atoms with Crippen LogP contribution < -0.4 is 16.3 Å². The number of hydrogen-bond acceptors (Lipinski definition) is 10. The molecule has 204 valence electrons. The number of carbonyl (C=O) groups excluding carboxylic acids is 1. The number of aryl methyl sites for hydroxylation is 1. The predicted octanol–water partition coefficient (Wildman–Crippen LogP) is 1.66. The van der Waals surface area contributed by atoms with Gasteiger partial charge >= 0.3 is 13.4 Å². The molecule has 0 radical (unpaired) electrons. The third-order valence-corrected chi connectivity index (χ3v) is 8.48. The normalized spacial score (nSPS) is 21.6. The van der Waals surface area contributed by atoms with Crippen molar-refractivity contribution in [1.82, 2.24) is 14.6 Å². The van der Waals surface area contributed by atoms with Crippen molar-refractivity contribution in [2.75, 3.05) is 19.2 Å². The molecule has 0 bridgehead atoms. The standard InChI is InChI=1S/C23H32N3O9PS/c1-15-11-26(22(31)25-20(15)29)19-9-17(28)18(35-19)12-33-36(32,24-10-16-7-5-4-6-8-16)34-14-37-21(30)23(2,3)13-27/h4-8,11,17-19,27-28H,9-10,12-14H2,1-3H3,(H,24,32)(H,25,29,31)/t17-,18-,19-,36?/m0/s1. The molecule has 0 amide bonds. The van der Waals surface area contributed by atoms with Gasteiger partial charge in [-0.3, -0.25) is 28.2 Å². The summed E-state index contributed by atoms with van der Waals surface area (Å²) in [5.74, 6) is -0.302. The first-order valence-electron chi connectivity index (χ1n) is 11.6. The molecule has 1 aromatic carbocycles. The smallest absolute Gasteiger partial charge is 0.395 e. The molecule has 4 atom stereocenters. The lowest BCUT2D eigenvalue weighted by atomic mass is 9.97. The van der Waals surface area contributed by atoms with E-state index in [2.05, 4.69) is 10.1 Å². The summed E-state index contributed by atoms with van der Waals surface area (Å²) in [6, 6.07) is 9.11. The van der Waals surface area contributed by atoms with Gasteiger partial charge in [-0.1, -0.05) is 42.1 Å². The van der Waals surface area contributed by atoms with Crippen molar-refractivity contribution in [3.05, 3.63) is 68.5 Å². The van der Waals surface area contributed by atoms with Gasteiger partial charge in [-0.15, -0.1) is 0 Å². The molecule has 1 fully saturated rings. The lowest BCUT2D eigenvalue weighted by Crippen LogP contribution is -2.33. The number of aromatic amines is 1. The third-order valence-electron chi connectivity index (χ3n) is 5.75. The van der Waals surface area contributed by atoms with Crippen LogP contribution in [-0.4, -0.2) is 56.2 Å². The number of thioether (sulfide) groups is 1. The molecular formula is C23H32N3O9PS. The van der Waals surface area contributed by atoms with Crippen LogP contribution in [0.5, 0.6) is 0 Å². The van der Waals surface area contributed by atoms with Crippen molar-refractivity contribution in [2.45, 2.75) is 52.2 Å². The number of hydrogen-bond donors (Lipinski definition) is 4. The Labute approximate surface area is 217 Å². The summed E-state index contributed by atoms with van der Waals surface area (Å²) in [7, 11) is -3.99. The molecule has 4 N–H and O–H groups in total. The Hall–Kier alpha value is -2.09. The Morgan fingerprint density at radius 2 is 2.00 bits per heavy atom. The maximum absolute atomic E-state index is 13.5. The molecule has 1 aliphatic heterocycles. The molecule has 0 spiro atoms. The number of carbonyl (C=O) groups is 1. The van der Waals surface area contributed by atoms with E-state index in [1.54, 1.807) is 13.8 Å². The highest BCUT2D eigenvalue weighted by Crippen LogP contribution is 2.46. The van der Waals surface area contributed by atoms with E-state index >= 15 is 0 Å². The SMILES string of the molecule is Cc1cn([C@@H]2C[C@H](O)[C@H](COP(=O)(NCc3ccccc3)OCSC(=O)C(C)(C)CO)O2)c(=O)[nH]c1=O. The Morgan fingerprint density at radius 3 is 2.68 bits per heavy atom. The topological polar surface area (TPSA) is 169 Å². The minimum atomic E-state index is -3.99. The van der Waals surface area contributed by atoms with E-state index in [0.717, 1.165) is 17.3 Å². The van der Waals surface area contributed by atoms with Crippen LogP contribution in [0.25, 0.3) is 0 Å². The highest BCUT2D eigenvalue weighted by molar-refractivity contribution is 8.13. The van der Waals surface area contributed by atoms with Crippen LogP contribution in [0.2, 0.25) is 0 Å². The number of aliphatic hydroxyl groups is 2. The summed E-state index contributed by atoms with van der Waals surface area (Å²) in [5.41, 5.74) is -1.08. The highest BCUT2D eigenvalue weighted by Gasteiger charge is 2.38. The zero-order chi connectivity index (χ0) is 27.2. The van der Waals surface area contributed by atoms with Gasteiger partial charge in [0.05, 0.1) is 24.7 Å². The monoisotopic (exact) mass is 557 g/mol. The van der Waals surface area contributed by atoms with E-state index in [-0.39, 0.29) is 37.2 Å². The van der Waals surface area contributed by atoms with Crippen molar-refractivity contribution < 1.29 is 33.4 Å². The minimum absolute atomic E-state index is 0.0443. The van der Waals surface area contributed by atoms with Gasteiger partial charge in [-0.05, 0) is 26.3 Å². The fourth-order valence-electron chi connectivity index (χ4n) is 3.33. The van der Waals surface area contributed by atoms with Crippen molar-refractivity contribution in [1.29, 1.82) is 0 Å². The van der Waals surface area contributed by atoms with E-state index in [1.165, 1.54) is 17.7 Å². The van der Waals surface area contributed by atoms with Crippen LogP contribution >= 0.6 is 19.5 Å². The van der Waals surface area contributed by atoms with E-state index in [9.17, 15) is 29.2 Å². The maximum Gasteiger partial charge on any atom is 0.406 e. The Kier molecular flexibility index (Phi) is 10.1. The molecular weight excluding hydrogens is 525 g/mol. The van der Waals surface area contributed by atoms with Crippen LogP contribution in [0.3, 0.4) is 0 Å². The summed E-state index contributed by atoms with van der Waals surface area (Å²) in [6.07, 6.45) is -1.46. The molecule has 37 heavy (non-hydrogen) atoms.